The molecule has 2 heterocycles. The number of carbonyl (C=O) groups excluding carboxylic acids is 2. The lowest BCUT2D eigenvalue weighted by atomic mass is 10.2. The summed E-state index contributed by atoms with van der Waals surface area (Å²) in [6.07, 6.45) is 3.90. The van der Waals surface area contributed by atoms with Crippen LogP contribution < -0.4 is 17.0 Å². The van der Waals surface area contributed by atoms with Crippen molar-refractivity contribution in [2.75, 3.05) is 12.3 Å². The number of ketones is 1. The maximum absolute atomic E-state index is 12.6. The monoisotopic (exact) mass is 409 g/mol. The van der Waals surface area contributed by atoms with Crippen LogP contribution in [0.1, 0.15) is 21.7 Å². The van der Waals surface area contributed by atoms with Gasteiger partial charge in [0.1, 0.15) is 17.1 Å². The Morgan fingerprint density at radius 3 is 2.53 bits per heavy atom. The molecule has 0 radical (unpaired) electrons. The van der Waals surface area contributed by atoms with E-state index in [2.05, 4.69) is 0 Å². The van der Waals surface area contributed by atoms with Gasteiger partial charge in [0, 0.05) is 13.1 Å². The largest absolute Gasteiger partial charge is 0.465 e. The second kappa shape index (κ2) is 8.91. The Hall–Kier alpha value is -4.14. The van der Waals surface area contributed by atoms with Crippen LogP contribution in [0.25, 0.3) is 6.08 Å². The molecule has 1 aromatic carbocycles. The standard InChI is InChI=1S/C21H19N3O6/c1-23-20(27)18(16(25)13-30-17(26)10-9-15-8-5-11-29-15)19(22)24(21(23)28)12-14-6-3-2-4-7-14/h2-11H,12-13,22H2,1H3. The minimum atomic E-state index is -0.853. The Morgan fingerprint density at radius 2 is 1.87 bits per heavy atom. The van der Waals surface area contributed by atoms with E-state index in [1.807, 2.05) is 6.07 Å². The number of Topliss-reactive ketones (excluding diaryl/α,β-unsaturated/α-hetero) is 1. The maximum atomic E-state index is 12.6. The Morgan fingerprint density at radius 1 is 1.13 bits per heavy atom. The van der Waals surface area contributed by atoms with Gasteiger partial charge in [-0.1, -0.05) is 30.3 Å². The van der Waals surface area contributed by atoms with Gasteiger partial charge >= 0.3 is 11.7 Å². The van der Waals surface area contributed by atoms with Crippen molar-refractivity contribution < 1.29 is 18.7 Å². The number of esters is 1. The Balaban J connectivity index is 1.82. The van der Waals surface area contributed by atoms with Crippen LogP contribution in [0.2, 0.25) is 0 Å². The van der Waals surface area contributed by atoms with Gasteiger partial charge in [0.15, 0.2) is 6.61 Å². The second-order valence-corrected chi connectivity index (χ2v) is 6.36. The molecule has 0 fully saturated rings. The van der Waals surface area contributed by atoms with Crippen LogP contribution in [0.4, 0.5) is 5.82 Å². The minimum absolute atomic E-state index is 0.0750. The molecule has 0 aliphatic rings. The Labute approximate surface area is 170 Å². The predicted octanol–water partition coefficient (Wildman–Crippen LogP) is 1.21. The van der Waals surface area contributed by atoms with E-state index in [-0.39, 0.29) is 12.4 Å². The van der Waals surface area contributed by atoms with E-state index in [1.165, 1.54) is 19.4 Å². The summed E-state index contributed by atoms with van der Waals surface area (Å²) in [6, 6.07) is 12.3. The number of hydrogen-bond donors (Lipinski definition) is 1. The van der Waals surface area contributed by atoms with Gasteiger partial charge < -0.3 is 14.9 Å². The van der Waals surface area contributed by atoms with Crippen LogP contribution in [0.5, 0.6) is 0 Å². The molecule has 2 aromatic heterocycles. The first kappa shape index (κ1) is 20.6. The Kier molecular flexibility index (Phi) is 6.11. The van der Waals surface area contributed by atoms with Crippen molar-refractivity contribution in [2.45, 2.75) is 6.54 Å². The van der Waals surface area contributed by atoms with Crippen molar-refractivity contribution in [3.8, 4) is 0 Å². The van der Waals surface area contributed by atoms with Crippen molar-refractivity contribution in [3.05, 3.63) is 92.5 Å². The van der Waals surface area contributed by atoms with Crippen LogP contribution in [0.15, 0.2) is 68.8 Å². The number of aromatic nitrogens is 2. The summed E-state index contributed by atoms with van der Waals surface area (Å²) in [7, 11) is 1.25. The second-order valence-electron chi connectivity index (χ2n) is 6.36. The fourth-order valence-corrected chi connectivity index (χ4v) is 2.76. The third-order valence-electron chi connectivity index (χ3n) is 4.32. The highest BCUT2D eigenvalue weighted by Gasteiger charge is 2.22. The van der Waals surface area contributed by atoms with E-state index in [0.29, 0.717) is 5.76 Å². The van der Waals surface area contributed by atoms with E-state index in [9.17, 15) is 19.2 Å². The summed E-state index contributed by atoms with van der Waals surface area (Å²) in [5.41, 5.74) is 4.84. The zero-order valence-electron chi connectivity index (χ0n) is 16.1. The lowest BCUT2D eigenvalue weighted by molar-refractivity contribution is -0.136. The third-order valence-corrected chi connectivity index (χ3v) is 4.32. The van der Waals surface area contributed by atoms with Crippen LogP contribution in [-0.4, -0.2) is 27.5 Å². The molecule has 9 nitrogen and oxygen atoms in total. The summed E-state index contributed by atoms with van der Waals surface area (Å²) in [5, 5.41) is 0. The number of rotatable bonds is 7. The molecule has 0 aliphatic carbocycles. The number of carbonyl (C=O) groups is 2. The molecule has 154 valence electrons. The summed E-state index contributed by atoms with van der Waals surface area (Å²) in [4.78, 5) is 49.3. The van der Waals surface area contributed by atoms with E-state index >= 15 is 0 Å². The highest BCUT2D eigenvalue weighted by molar-refractivity contribution is 6.01. The van der Waals surface area contributed by atoms with Gasteiger partial charge in [0.05, 0.1) is 12.8 Å². The van der Waals surface area contributed by atoms with Gasteiger partial charge in [-0.05, 0) is 23.8 Å². The highest BCUT2D eigenvalue weighted by Crippen LogP contribution is 2.10. The van der Waals surface area contributed by atoms with Gasteiger partial charge in [0.25, 0.3) is 5.56 Å². The van der Waals surface area contributed by atoms with E-state index in [4.69, 9.17) is 14.9 Å². The van der Waals surface area contributed by atoms with Crippen molar-refractivity contribution >= 4 is 23.6 Å². The van der Waals surface area contributed by atoms with Crippen LogP contribution in [-0.2, 0) is 23.1 Å². The van der Waals surface area contributed by atoms with E-state index < -0.39 is 35.2 Å². The maximum Gasteiger partial charge on any atom is 0.332 e. The molecule has 0 aliphatic heterocycles. The number of hydrogen-bond acceptors (Lipinski definition) is 7. The summed E-state index contributed by atoms with van der Waals surface area (Å²) in [6.45, 7) is -0.629. The number of furan rings is 1. The molecule has 0 saturated heterocycles. The Bertz CT molecular complexity index is 1200. The number of anilines is 1. The predicted molar refractivity (Wildman–Crippen MR) is 109 cm³/mol. The number of nitrogen functional groups attached to an aromatic ring is 1. The zero-order chi connectivity index (χ0) is 21.7. The first-order valence-corrected chi connectivity index (χ1v) is 8.93. The molecule has 2 N–H and O–H groups in total. The average molecular weight is 409 g/mol. The van der Waals surface area contributed by atoms with Gasteiger partial charge in [-0.25, -0.2) is 9.59 Å². The smallest absolute Gasteiger partial charge is 0.332 e. The molecule has 0 amide bonds. The van der Waals surface area contributed by atoms with Crippen molar-refractivity contribution in [1.82, 2.24) is 9.13 Å². The zero-order valence-corrected chi connectivity index (χ0v) is 16.1. The quantitative estimate of drug-likeness (QED) is 0.353. The number of nitrogens with zero attached hydrogens (tertiary/aromatic N) is 2. The summed E-state index contributed by atoms with van der Waals surface area (Å²) >= 11 is 0. The first-order valence-electron chi connectivity index (χ1n) is 8.93. The molecule has 0 unspecified atom stereocenters. The molecule has 30 heavy (non-hydrogen) atoms. The topological polar surface area (TPSA) is 127 Å². The number of ether oxygens (including phenoxy) is 1. The van der Waals surface area contributed by atoms with Crippen LogP contribution in [0.3, 0.4) is 0 Å². The fraction of sp³-hybridized carbons (Fsp3) is 0.143. The van der Waals surface area contributed by atoms with Gasteiger partial charge in [-0.2, -0.15) is 0 Å². The summed E-state index contributed by atoms with van der Waals surface area (Å²) in [5.74, 6) is -1.45. The van der Waals surface area contributed by atoms with Crippen molar-refractivity contribution in [2.24, 2.45) is 7.05 Å². The molecule has 9 heteroatoms. The third kappa shape index (κ3) is 4.46. The number of nitrogens with two attached hydrogens (primary N) is 1. The summed E-state index contributed by atoms with van der Waals surface area (Å²) < 4.78 is 11.9. The molecule has 0 atom stereocenters. The fourth-order valence-electron chi connectivity index (χ4n) is 2.76. The molecular formula is C21H19N3O6. The van der Waals surface area contributed by atoms with E-state index in [0.717, 1.165) is 20.8 Å². The molecule has 3 rings (SSSR count). The van der Waals surface area contributed by atoms with Gasteiger partial charge in [0.2, 0.25) is 5.78 Å². The van der Waals surface area contributed by atoms with Crippen molar-refractivity contribution in [3.63, 3.8) is 0 Å². The average Bonchev–Trinajstić information content (AvgIpc) is 3.27. The lowest BCUT2D eigenvalue weighted by Gasteiger charge is -2.14. The molecular weight excluding hydrogens is 390 g/mol. The first-order chi connectivity index (χ1) is 14.4. The van der Waals surface area contributed by atoms with Crippen LogP contribution in [0, 0.1) is 0 Å². The van der Waals surface area contributed by atoms with Gasteiger partial charge in [-0.3, -0.25) is 18.7 Å². The molecule has 3 aromatic rings. The molecule has 0 bridgehead atoms. The normalized spacial score (nSPS) is 11.0. The lowest BCUT2D eigenvalue weighted by Crippen LogP contribution is -2.43. The van der Waals surface area contributed by atoms with Gasteiger partial charge in [-0.15, -0.1) is 0 Å². The van der Waals surface area contributed by atoms with Crippen LogP contribution >= 0.6 is 0 Å². The molecule has 0 saturated carbocycles. The number of benzene rings is 1. The van der Waals surface area contributed by atoms with Crippen molar-refractivity contribution in [1.29, 1.82) is 0 Å². The molecule has 0 spiro atoms. The minimum Gasteiger partial charge on any atom is -0.465 e. The highest BCUT2D eigenvalue weighted by atomic mass is 16.5. The van der Waals surface area contributed by atoms with E-state index in [1.54, 1.807) is 36.4 Å². The SMILES string of the molecule is Cn1c(=O)c(C(=O)COC(=O)C=Cc2ccco2)c(N)n(Cc2ccccc2)c1=O.